The summed E-state index contributed by atoms with van der Waals surface area (Å²) < 4.78 is 63.4. The first-order valence-electron chi connectivity index (χ1n) is 9.45. The summed E-state index contributed by atoms with van der Waals surface area (Å²) in [7, 11) is -8.16. The maximum Gasteiger partial charge on any atom is 0.307 e. The Bertz CT molecular complexity index is 1320. The average Bonchev–Trinajstić information content (AvgIpc) is 3.16. The summed E-state index contributed by atoms with van der Waals surface area (Å²) in [5.41, 5.74) is 0.990. The van der Waals surface area contributed by atoms with Crippen LogP contribution in [0.15, 0.2) is 59.5 Å². The van der Waals surface area contributed by atoms with Gasteiger partial charge in [-0.25, -0.2) is 18.1 Å². The number of carbonyl (C=O) groups excluding carboxylic acids is 1. The van der Waals surface area contributed by atoms with E-state index in [0.717, 1.165) is 6.26 Å². The summed E-state index contributed by atoms with van der Waals surface area (Å²) in [4.78, 5) is 16.3. The predicted octanol–water partition coefficient (Wildman–Crippen LogP) is 2.22. The Labute approximate surface area is 185 Å². The van der Waals surface area contributed by atoms with Gasteiger partial charge in [-0.05, 0) is 43.3 Å². The Hall–Kier alpha value is -3.09. The molecule has 0 saturated carbocycles. The van der Waals surface area contributed by atoms with Crippen LogP contribution < -0.4 is 0 Å². The lowest BCUT2D eigenvalue weighted by atomic mass is 10.2. The molecule has 12 heteroatoms. The van der Waals surface area contributed by atoms with E-state index < -0.39 is 37.6 Å². The number of ether oxygens (including phenoxy) is 1. The first-order valence-corrected chi connectivity index (χ1v) is 12.8. The number of para-hydroxylation sites is 1. The van der Waals surface area contributed by atoms with Crippen LogP contribution >= 0.6 is 0 Å². The monoisotopic (exact) mass is 479 g/mol. The maximum atomic E-state index is 12.0. The van der Waals surface area contributed by atoms with Gasteiger partial charge in [0.2, 0.25) is 0 Å². The molecule has 0 saturated heterocycles. The van der Waals surface area contributed by atoms with Gasteiger partial charge < -0.3 is 4.74 Å². The van der Waals surface area contributed by atoms with Gasteiger partial charge in [-0.15, -0.1) is 5.10 Å². The van der Waals surface area contributed by atoms with Gasteiger partial charge in [0.1, 0.15) is 0 Å². The molecule has 3 aromatic rings. The third kappa shape index (κ3) is 5.39. The molecule has 0 fully saturated rings. The molecular formula is C20H21N3O7S2. The van der Waals surface area contributed by atoms with Crippen molar-refractivity contribution in [1.29, 1.82) is 0 Å². The van der Waals surface area contributed by atoms with Crippen molar-refractivity contribution in [2.75, 3.05) is 12.9 Å². The lowest BCUT2D eigenvalue weighted by Crippen LogP contribution is -2.19. The highest BCUT2D eigenvalue weighted by molar-refractivity contribution is 7.90. The number of aromatic nitrogens is 3. The molecule has 0 spiro atoms. The molecule has 0 aliphatic heterocycles. The van der Waals surface area contributed by atoms with E-state index in [-0.39, 0.29) is 23.2 Å². The Morgan fingerprint density at radius 1 is 1.06 bits per heavy atom. The summed E-state index contributed by atoms with van der Waals surface area (Å²) >= 11 is 0. The molecule has 1 unspecified atom stereocenters. The van der Waals surface area contributed by atoms with Gasteiger partial charge >= 0.3 is 5.97 Å². The quantitative estimate of drug-likeness (QED) is 0.379. The van der Waals surface area contributed by atoms with Crippen LogP contribution in [-0.4, -0.2) is 55.0 Å². The molecule has 3 rings (SSSR count). The zero-order chi connectivity index (χ0) is 23.5. The van der Waals surface area contributed by atoms with Crippen LogP contribution in [0.2, 0.25) is 0 Å². The summed E-state index contributed by atoms with van der Waals surface area (Å²) in [6, 6.07) is 14.5. The second kappa shape index (κ2) is 9.18. The molecule has 0 aliphatic carbocycles. The zero-order valence-electron chi connectivity index (χ0n) is 17.2. The minimum Gasteiger partial charge on any atom is -0.466 e. The SMILES string of the molecule is CCOC(=O)CC(c1nc(-c2ccc(S(C)(=O)=O)cc2)n(-c2ccccc2)n1)S(=O)(=O)O. The van der Waals surface area contributed by atoms with Crippen molar-refractivity contribution in [2.45, 2.75) is 23.5 Å². The molecule has 0 bridgehead atoms. The van der Waals surface area contributed by atoms with E-state index in [0.29, 0.717) is 11.3 Å². The van der Waals surface area contributed by atoms with Gasteiger partial charge in [-0.1, -0.05) is 18.2 Å². The smallest absolute Gasteiger partial charge is 0.307 e. The fourth-order valence-electron chi connectivity index (χ4n) is 2.95. The number of hydrogen-bond donors (Lipinski definition) is 1. The van der Waals surface area contributed by atoms with E-state index in [1.54, 1.807) is 37.3 Å². The third-order valence-corrected chi connectivity index (χ3v) is 6.69. The summed E-state index contributed by atoms with van der Waals surface area (Å²) in [5.74, 6) is -0.930. The minimum atomic E-state index is -4.74. The van der Waals surface area contributed by atoms with Gasteiger partial charge in [0.05, 0.1) is 23.6 Å². The van der Waals surface area contributed by atoms with Gasteiger partial charge in [-0.2, -0.15) is 8.42 Å². The van der Waals surface area contributed by atoms with Gasteiger partial charge in [0, 0.05) is 11.8 Å². The van der Waals surface area contributed by atoms with E-state index in [4.69, 9.17) is 4.74 Å². The fourth-order valence-corrected chi connectivity index (χ4v) is 4.30. The summed E-state index contributed by atoms with van der Waals surface area (Å²) in [5, 5.41) is 2.51. The largest absolute Gasteiger partial charge is 0.466 e. The molecular weight excluding hydrogens is 458 g/mol. The molecule has 10 nitrogen and oxygen atoms in total. The summed E-state index contributed by atoms with van der Waals surface area (Å²) in [6.07, 6.45) is 0.413. The minimum absolute atomic E-state index is 0.0425. The van der Waals surface area contributed by atoms with E-state index in [9.17, 15) is 26.2 Å². The standard InChI is InChI=1S/C20H21N3O7S2/c1-3-30-18(24)13-17(32(27,28)29)19-21-20(23(22-19)15-7-5-4-6-8-15)14-9-11-16(12-10-14)31(2,25)26/h4-12,17H,3,13H2,1-2H3,(H,27,28,29). The Balaban J connectivity index is 2.15. The second-order valence-electron chi connectivity index (χ2n) is 6.85. The average molecular weight is 480 g/mol. The van der Waals surface area contributed by atoms with E-state index in [1.807, 2.05) is 0 Å². The maximum absolute atomic E-state index is 12.0. The molecule has 1 heterocycles. The Morgan fingerprint density at radius 3 is 2.22 bits per heavy atom. The number of esters is 1. The van der Waals surface area contributed by atoms with Crippen LogP contribution in [0.4, 0.5) is 0 Å². The van der Waals surface area contributed by atoms with Gasteiger partial charge in [0.25, 0.3) is 10.1 Å². The van der Waals surface area contributed by atoms with Crippen molar-refractivity contribution in [1.82, 2.24) is 14.8 Å². The molecule has 1 atom stereocenters. The lowest BCUT2D eigenvalue weighted by molar-refractivity contribution is -0.143. The summed E-state index contributed by atoms with van der Waals surface area (Å²) in [6.45, 7) is 1.61. The normalized spacial score (nSPS) is 13.0. The van der Waals surface area contributed by atoms with Crippen molar-refractivity contribution in [3.05, 3.63) is 60.4 Å². The number of rotatable bonds is 8. The molecule has 1 aromatic heterocycles. The van der Waals surface area contributed by atoms with Crippen molar-refractivity contribution in [3.63, 3.8) is 0 Å². The predicted molar refractivity (Wildman–Crippen MR) is 115 cm³/mol. The van der Waals surface area contributed by atoms with Crippen LogP contribution in [-0.2, 0) is 29.5 Å². The molecule has 170 valence electrons. The van der Waals surface area contributed by atoms with E-state index in [1.165, 1.54) is 28.9 Å². The highest BCUT2D eigenvalue weighted by Gasteiger charge is 2.33. The molecule has 0 radical (unpaired) electrons. The van der Waals surface area contributed by atoms with Crippen molar-refractivity contribution < 1.29 is 30.9 Å². The molecule has 0 aliphatic rings. The molecule has 2 aromatic carbocycles. The lowest BCUT2D eigenvalue weighted by Gasteiger charge is -2.09. The van der Waals surface area contributed by atoms with Crippen molar-refractivity contribution in [2.24, 2.45) is 0 Å². The van der Waals surface area contributed by atoms with Crippen LogP contribution in [0.5, 0.6) is 0 Å². The molecule has 1 N–H and O–H groups in total. The van der Waals surface area contributed by atoms with Crippen molar-refractivity contribution in [3.8, 4) is 17.1 Å². The fraction of sp³-hybridized carbons (Fsp3) is 0.250. The van der Waals surface area contributed by atoms with Crippen LogP contribution in [0.1, 0.15) is 24.4 Å². The third-order valence-electron chi connectivity index (χ3n) is 4.47. The van der Waals surface area contributed by atoms with Crippen LogP contribution in [0.3, 0.4) is 0 Å². The highest BCUT2D eigenvalue weighted by atomic mass is 32.2. The number of carbonyl (C=O) groups is 1. The van der Waals surface area contributed by atoms with E-state index >= 15 is 0 Å². The Kier molecular flexibility index (Phi) is 6.77. The Morgan fingerprint density at radius 2 is 1.69 bits per heavy atom. The topological polar surface area (TPSA) is 146 Å². The first-order chi connectivity index (χ1) is 15.0. The zero-order valence-corrected chi connectivity index (χ0v) is 18.9. The van der Waals surface area contributed by atoms with E-state index in [2.05, 4.69) is 10.1 Å². The number of nitrogens with zero attached hydrogens (tertiary/aromatic N) is 3. The molecule has 0 amide bonds. The van der Waals surface area contributed by atoms with Crippen molar-refractivity contribution >= 4 is 25.9 Å². The van der Waals surface area contributed by atoms with Crippen LogP contribution in [0.25, 0.3) is 17.1 Å². The van der Waals surface area contributed by atoms with Crippen LogP contribution in [0, 0.1) is 0 Å². The highest BCUT2D eigenvalue weighted by Crippen LogP contribution is 2.29. The van der Waals surface area contributed by atoms with Gasteiger partial charge in [0.15, 0.2) is 26.7 Å². The number of hydrogen-bond acceptors (Lipinski definition) is 8. The second-order valence-corrected chi connectivity index (χ2v) is 10.5. The van der Waals surface area contributed by atoms with Gasteiger partial charge in [-0.3, -0.25) is 9.35 Å². The molecule has 32 heavy (non-hydrogen) atoms. The first kappa shape index (κ1) is 23.6. The number of benzene rings is 2. The number of sulfone groups is 1.